The van der Waals surface area contributed by atoms with E-state index in [4.69, 9.17) is 0 Å². The minimum atomic E-state index is -1.11. The van der Waals surface area contributed by atoms with Crippen molar-refractivity contribution in [1.82, 2.24) is 0 Å². The first-order chi connectivity index (χ1) is 7.77. The quantitative estimate of drug-likeness (QED) is 0.446. The van der Waals surface area contributed by atoms with Gasteiger partial charge < -0.3 is 5.48 Å². The molecule has 0 unspecified atom stereocenters. The Bertz CT molecular complexity index is 497. The van der Waals surface area contributed by atoms with Crippen LogP contribution in [0, 0.1) is 13.2 Å². The Labute approximate surface area is 110 Å². The molecule has 0 amide bonds. The Morgan fingerprint density at radius 1 is 1.12 bits per heavy atom. The van der Waals surface area contributed by atoms with Crippen molar-refractivity contribution in [3.8, 4) is 0 Å². The number of hydrogen-bond acceptors (Lipinski definition) is 2. The van der Waals surface area contributed by atoms with Crippen LogP contribution < -0.4 is 26.3 Å². The van der Waals surface area contributed by atoms with Gasteiger partial charge in [-0.05, 0) is 0 Å². The van der Waals surface area contributed by atoms with Gasteiger partial charge in [0.1, 0.15) is 0 Å². The van der Waals surface area contributed by atoms with Gasteiger partial charge in [-0.3, -0.25) is 0 Å². The van der Waals surface area contributed by atoms with E-state index in [2.05, 4.69) is 6.07 Å². The predicted octanol–water partition coefficient (Wildman–Crippen LogP) is -2.85. The standard InChI is InChI=1S/C13H9IO2.H2O/c15-13(16)11-8-4-5-9-12(11)14-10-6-2-1-3-7-10;/h1-6,8-9H,(H,15,16);1H2/q-2;/p-1. The molecule has 4 heteroatoms. The van der Waals surface area contributed by atoms with Gasteiger partial charge in [-0.1, -0.05) is 0 Å². The Balaban J connectivity index is 0.00000144. The van der Waals surface area contributed by atoms with Gasteiger partial charge in [-0.25, -0.2) is 0 Å². The molecule has 0 fully saturated rings. The van der Waals surface area contributed by atoms with E-state index in [0.29, 0.717) is 5.56 Å². The summed E-state index contributed by atoms with van der Waals surface area (Å²) < 4.78 is 1.94. The van der Waals surface area contributed by atoms with Crippen molar-refractivity contribution >= 4 is 5.97 Å². The van der Waals surface area contributed by atoms with E-state index in [1.165, 1.54) is 0 Å². The molecule has 0 spiro atoms. The molecule has 0 atom stereocenters. The normalized spacial score (nSPS) is 9.65. The molecule has 0 aliphatic carbocycles. The van der Waals surface area contributed by atoms with Gasteiger partial charge in [-0.2, -0.15) is 0 Å². The zero-order valence-electron chi connectivity index (χ0n) is 8.81. The molecule has 0 aliphatic heterocycles. The number of carbonyl (C=O) groups is 1. The predicted molar refractivity (Wildman–Crippen MR) is 57.1 cm³/mol. The topological polar surface area (TPSA) is 71.6 Å². The summed E-state index contributed by atoms with van der Waals surface area (Å²) >= 11 is -0.503. The molecular weight excluding hydrogens is 331 g/mol. The first-order valence-electron chi connectivity index (χ1n) is 4.69. The molecule has 3 nitrogen and oxygen atoms in total. The van der Waals surface area contributed by atoms with Crippen LogP contribution in [0.1, 0.15) is 10.4 Å². The van der Waals surface area contributed by atoms with E-state index in [0.717, 1.165) is 7.14 Å². The molecule has 17 heavy (non-hydrogen) atoms. The second-order valence-electron chi connectivity index (χ2n) is 3.07. The Morgan fingerprint density at radius 3 is 2.47 bits per heavy atom. The molecule has 0 aliphatic rings. The van der Waals surface area contributed by atoms with Crippen LogP contribution in [0.25, 0.3) is 0 Å². The molecule has 2 N–H and O–H groups in total. The molecule has 90 valence electrons. The SMILES string of the molecule is O.O=C([O-])c1ccccc1[I-]c1[c-]cccc1. The van der Waals surface area contributed by atoms with Crippen molar-refractivity contribution in [1.29, 1.82) is 0 Å². The summed E-state index contributed by atoms with van der Waals surface area (Å²) in [6.07, 6.45) is 0. The van der Waals surface area contributed by atoms with Gasteiger partial charge in [-0.15, -0.1) is 0 Å². The Morgan fingerprint density at radius 2 is 1.82 bits per heavy atom. The Kier molecular flexibility index (Phi) is 5.11. The molecule has 0 bridgehead atoms. The molecular formula is C13H10IO3-3. The van der Waals surface area contributed by atoms with Crippen molar-refractivity contribution in [3.05, 3.63) is 67.3 Å². The molecule has 2 aromatic carbocycles. The van der Waals surface area contributed by atoms with E-state index in [1.807, 2.05) is 36.4 Å². The van der Waals surface area contributed by atoms with Crippen LogP contribution >= 0.6 is 0 Å². The third kappa shape index (κ3) is 3.54. The van der Waals surface area contributed by atoms with Crippen molar-refractivity contribution < 1.29 is 36.6 Å². The van der Waals surface area contributed by atoms with Crippen LogP contribution in [-0.2, 0) is 0 Å². The van der Waals surface area contributed by atoms with Crippen LogP contribution in [0.15, 0.2) is 48.5 Å². The van der Waals surface area contributed by atoms with Crippen molar-refractivity contribution in [3.63, 3.8) is 0 Å². The van der Waals surface area contributed by atoms with Gasteiger partial charge in [0, 0.05) is 0 Å². The number of rotatable bonds is 3. The number of carbonyl (C=O) groups excluding carboxylic acids is 1. The Hall–Kier alpha value is -1.40. The first-order valence-corrected chi connectivity index (χ1v) is 6.85. The average Bonchev–Trinajstić information content (AvgIpc) is 2.31. The fourth-order valence-corrected chi connectivity index (χ4v) is 3.68. The fourth-order valence-electron chi connectivity index (χ4n) is 1.25. The number of benzene rings is 2. The summed E-state index contributed by atoms with van der Waals surface area (Å²) in [5.41, 5.74) is 0.299. The van der Waals surface area contributed by atoms with Crippen LogP contribution in [0.2, 0.25) is 0 Å². The average molecular weight is 341 g/mol. The molecule has 0 saturated heterocycles. The summed E-state index contributed by atoms with van der Waals surface area (Å²) in [5, 5.41) is 10.9. The third-order valence-electron chi connectivity index (χ3n) is 1.97. The van der Waals surface area contributed by atoms with Gasteiger partial charge in [0.2, 0.25) is 0 Å². The summed E-state index contributed by atoms with van der Waals surface area (Å²) in [5.74, 6) is -1.11. The van der Waals surface area contributed by atoms with Crippen molar-refractivity contribution in [2.75, 3.05) is 0 Å². The number of carboxylic acid groups (broad SMARTS) is 1. The van der Waals surface area contributed by atoms with E-state index >= 15 is 0 Å². The summed E-state index contributed by atoms with van der Waals surface area (Å²) in [6, 6.07) is 17.8. The van der Waals surface area contributed by atoms with E-state index in [1.54, 1.807) is 12.1 Å². The zero-order valence-corrected chi connectivity index (χ0v) is 11.0. The fraction of sp³-hybridized carbons (Fsp3) is 0. The van der Waals surface area contributed by atoms with Crippen molar-refractivity contribution in [2.24, 2.45) is 0 Å². The monoisotopic (exact) mass is 341 g/mol. The van der Waals surface area contributed by atoms with Gasteiger partial charge in [0.15, 0.2) is 0 Å². The number of aromatic carboxylic acids is 1. The minimum absolute atomic E-state index is 0. The van der Waals surface area contributed by atoms with Crippen LogP contribution in [0.3, 0.4) is 0 Å². The molecule has 2 rings (SSSR count). The first kappa shape index (κ1) is 13.7. The van der Waals surface area contributed by atoms with Crippen LogP contribution in [-0.4, -0.2) is 11.4 Å². The van der Waals surface area contributed by atoms with Gasteiger partial charge in [0.05, 0.1) is 0 Å². The van der Waals surface area contributed by atoms with E-state index < -0.39 is 27.2 Å². The maximum atomic E-state index is 10.9. The maximum absolute atomic E-state index is 10.9. The van der Waals surface area contributed by atoms with Crippen molar-refractivity contribution in [2.45, 2.75) is 0 Å². The van der Waals surface area contributed by atoms with Crippen LogP contribution in [0.4, 0.5) is 0 Å². The summed E-state index contributed by atoms with van der Waals surface area (Å²) in [7, 11) is 0. The second kappa shape index (κ2) is 6.36. The molecule has 0 heterocycles. The third-order valence-corrected chi connectivity index (χ3v) is 4.74. The molecule has 0 saturated carbocycles. The van der Waals surface area contributed by atoms with Gasteiger partial charge >= 0.3 is 104 Å². The van der Waals surface area contributed by atoms with E-state index in [9.17, 15) is 9.90 Å². The number of carboxylic acids is 1. The molecule has 2 aromatic rings. The number of halogens is 1. The summed E-state index contributed by atoms with van der Waals surface area (Å²) in [6.45, 7) is 0. The molecule has 0 radical (unpaired) electrons. The van der Waals surface area contributed by atoms with Gasteiger partial charge in [0.25, 0.3) is 0 Å². The zero-order chi connectivity index (χ0) is 11.4. The van der Waals surface area contributed by atoms with Crippen LogP contribution in [0.5, 0.6) is 0 Å². The molecule has 0 aromatic heterocycles. The second-order valence-corrected chi connectivity index (χ2v) is 5.94. The van der Waals surface area contributed by atoms with E-state index in [-0.39, 0.29) is 5.48 Å². The summed E-state index contributed by atoms with van der Waals surface area (Å²) in [4.78, 5) is 10.9. The number of hydrogen-bond donors (Lipinski definition) is 0.